The maximum Gasteiger partial charge on any atom is 0.248 e. The molecule has 2 rings (SSSR count). The fourth-order valence-corrected chi connectivity index (χ4v) is 2.93. The molecule has 0 bridgehead atoms. The molecule has 0 aromatic heterocycles. The molecule has 0 fully saturated rings. The average molecular weight is 471 g/mol. The molecule has 0 radical (unpaired) electrons. The number of nitriles is 1. The molecule has 33 heavy (non-hydrogen) atoms. The van der Waals surface area contributed by atoms with Gasteiger partial charge in [-0.25, -0.2) is 5.01 Å². The van der Waals surface area contributed by atoms with Crippen LogP contribution in [0.25, 0.3) is 0 Å². The van der Waals surface area contributed by atoms with Gasteiger partial charge in [0.1, 0.15) is 18.4 Å². The fourth-order valence-electron chi connectivity index (χ4n) is 2.69. The van der Waals surface area contributed by atoms with Gasteiger partial charge in [0.25, 0.3) is 0 Å². The molecule has 2 N–H and O–H groups in total. The van der Waals surface area contributed by atoms with Crippen molar-refractivity contribution in [1.82, 2.24) is 5.01 Å². The standard InChI is InChI=1S/C22H23ClN4O2.2C2H6/c1-15(27(26-3)20-9-5-8-19(13-24)21(23)12-20)16(2)29-14-17-6-4-7-18(11-10-17)22(25)28;2*1-2/h6-12H,3-5,14H2,1-2H3,(H2,25,28);2*1-2H3/b16-15+;;. The summed E-state index contributed by atoms with van der Waals surface area (Å²) >= 11 is 6.22. The zero-order chi connectivity index (χ0) is 25.4. The van der Waals surface area contributed by atoms with Crippen LogP contribution in [0, 0.1) is 11.3 Å². The summed E-state index contributed by atoms with van der Waals surface area (Å²) < 4.78 is 5.91. The van der Waals surface area contributed by atoms with Crippen LogP contribution in [0.1, 0.15) is 54.4 Å². The molecule has 2 aliphatic carbocycles. The second-order valence-electron chi connectivity index (χ2n) is 6.34. The monoisotopic (exact) mass is 470 g/mol. The number of nitrogens with two attached hydrogens (primary N) is 1. The summed E-state index contributed by atoms with van der Waals surface area (Å²) in [6.45, 7) is 15.7. The van der Waals surface area contributed by atoms with Gasteiger partial charge >= 0.3 is 0 Å². The van der Waals surface area contributed by atoms with E-state index in [0.717, 1.165) is 11.3 Å². The second kappa shape index (κ2) is 16.3. The van der Waals surface area contributed by atoms with Crippen molar-refractivity contribution in [1.29, 1.82) is 5.26 Å². The van der Waals surface area contributed by atoms with Crippen molar-refractivity contribution in [2.45, 2.75) is 54.4 Å². The highest BCUT2D eigenvalue weighted by Crippen LogP contribution is 2.26. The van der Waals surface area contributed by atoms with Crippen LogP contribution < -0.4 is 5.73 Å². The third-order valence-corrected chi connectivity index (χ3v) is 4.76. The third kappa shape index (κ3) is 9.38. The minimum absolute atomic E-state index is 0.334. The minimum atomic E-state index is -0.450. The van der Waals surface area contributed by atoms with Crippen molar-refractivity contribution in [3.05, 3.63) is 81.4 Å². The molecule has 0 atom stereocenters. The van der Waals surface area contributed by atoms with Crippen molar-refractivity contribution in [2.75, 3.05) is 6.61 Å². The number of ether oxygens (including phenoxy) is 1. The van der Waals surface area contributed by atoms with Crippen molar-refractivity contribution in [3.8, 4) is 6.07 Å². The molecule has 0 aliphatic heterocycles. The van der Waals surface area contributed by atoms with Crippen molar-refractivity contribution >= 4 is 24.2 Å². The highest BCUT2D eigenvalue weighted by Gasteiger charge is 2.15. The Bertz CT molecular complexity index is 957. The molecule has 7 heteroatoms. The van der Waals surface area contributed by atoms with Gasteiger partial charge in [-0.05, 0) is 44.4 Å². The summed E-state index contributed by atoms with van der Waals surface area (Å²) in [6.07, 6.45) is 13.8. The Morgan fingerprint density at radius 1 is 1.18 bits per heavy atom. The van der Waals surface area contributed by atoms with Crippen LogP contribution in [-0.4, -0.2) is 24.2 Å². The van der Waals surface area contributed by atoms with Gasteiger partial charge in [0.2, 0.25) is 5.91 Å². The van der Waals surface area contributed by atoms with Crippen LogP contribution in [-0.2, 0) is 9.53 Å². The third-order valence-electron chi connectivity index (χ3n) is 4.45. The summed E-state index contributed by atoms with van der Waals surface area (Å²) in [4.78, 5) is 11.3. The first-order valence-electron chi connectivity index (χ1n) is 11.0. The minimum Gasteiger partial charge on any atom is -0.492 e. The Labute approximate surface area is 203 Å². The van der Waals surface area contributed by atoms with Gasteiger partial charge < -0.3 is 10.5 Å². The Balaban J connectivity index is 0.00000242. The Morgan fingerprint density at radius 2 is 1.82 bits per heavy atom. The number of halogens is 1. The molecule has 0 aromatic rings. The highest BCUT2D eigenvalue weighted by atomic mass is 35.5. The molecule has 1 amide bonds. The number of carbonyl (C=O) groups excluding carboxylic acids is 1. The molecule has 0 aromatic carbocycles. The first-order chi connectivity index (χ1) is 15.9. The normalized spacial score (nSPS) is 15.4. The van der Waals surface area contributed by atoms with E-state index >= 15 is 0 Å². The second-order valence-corrected chi connectivity index (χ2v) is 6.75. The van der Waals surface area contributed by atoms with E-state index in [1.807, 2.05) is 59.8 Å². The molecular formula is C26H35ClN4O2. The van der Waals surface area contributed by atoms with Crippen LogP contribution in [0.5, 0.6) is 0 Å². The number of hydrogen-bond donors (Lipinski definition) is 1. The van der Waals surface area contributed by atoms with Crippen LogP contribution in [0.2, 0.25) is 0 Å². The van der Waals surface area contributed by atoms with E-state index in [4.69, 9.17) is 27.3 Å². The van der Waals surface area contributed by atoms with E-state index in [1.54, 1.807) is 29.3 Å². The largest absolute Gasteiger partial charge is 0.492 e. The van der Waals surface area contributed by atoms with Crippen LogP contribution in [0.15, 0.2) is 86.5 Å². The zero-order valence-corrected chi connectivity index (χ0v) is 21.2. The Kier molecular flexibility index (Phi) is 14.7. The van der Waals surface area contributed by atoms with E-state index in [1.165, 1.54) is 0 Å². The topological polar surface area (TPSA) is 91.7 Å². The molecular weight excluding hydrogens is 436 g/mol. The Hall–Kier alpha value is -3.30. The summed E-state index contributed by atoms with van der Waals surface area (Å²) in [5.41, 5.74) is 8.60. The number of allylic oxidation sites excluding steroid dienone is 9. The molecule has 2 aliphatic rings. The fraction of sp³-hybridized carbons (Fsp3) is 0.346. The highest BCUT2D eigenvalue weighted by molar-refractivity contribution is 6.32. The lowest BCUT2D eigenvalue weighted by atomic mass is 10.2. The van der Waals surface area contributed by atoms with Gasteiger partial charge in [0.05, 0.1) is 22.0 Å². The SMILES string of the molecule is C=NN(C1=CCC=C(C#N)C(Cl)=C1)/C(C)=C(\C)OCC1=CCC=C(C(N)=O)C=C1.CC.CC. The van der Waals surface area contributed by atoms with Gasteiger partial charge in [0, 0.05) is 12.3 Å². The molecule has 0 saturated carbocycles. The van der Waals surface area contributed by atoms with Crippen molar-refractivity contribution in [3.63, 3.8) is 0 Å². The predicted octanol–water partition coefficient (Wildman–Crippen LogP) is 6.38. The average Bonchev–Trinajstić information content (AvgIpc) is 3.18. The number of carbonyl (C=O) groups is 1. The summed E-state index contributed by atoms with van der Waals surface area (Å²) in [5.74, 6) is 0.205. The van der Waals surface area contributed by atoms with E-state index in [2.05, 4.69) is 17.9 Å². The summed E-state index contributed by atoms with van der Waals surface area (Å²) in [6, 6.07) is 2.08. The van der Waals surface area contributed by atoms with Crippen molar-refractivity contribution < 1.29 is 9.53 Å². The lowest BCUT2D eigenvalue weighted by molar-refractivity contribution is -0.114. The quantitative estimate of drug-likeness (QED) is 0.265. The first kappa shape index (κ1) is 29.7. The molecule has 0 heterocycles. The van der Waals surface area contributed by atoms with E-state index in [-0.39, 0.29) is 0 Å². The molecule has 6 nitrogen and oxygen atoms in total. The van der Waals surface area contributed by atoms with Gasteiger partial charge in [-0.3, -0.25) is 4.79 Å². The molecule has 0 unspecified atom stereocenters. The number of hydrogen-bond acceptors (Lipinski definition) is 5. The lowest BCUT2D eigenvalue weighted by Gasteiger charge is -2.22. The van der Waals surface area contributed by atoms with Crippen molar-refractivity contribution in [2.24, 2.45) is 10.8 Å². The first-order valence-corrected chi connectivity index (χ1v) is 11.4. The lowest BCUT2D eigenvalue weighted by Crippen LogP contribution is -2.15. The number of nitrogens with zero attached hydrogens (tertiary/aromatic N) is 3. The molecule has 178 valence electrons. The number of primary amides is 1. The summed E-state index contributed by atoms with van der Waals surface area (Å²) in [7, 11) is 0. The van der Waals surface area contributed by atoms with E-state index in [9.17, 15) is 4.79 Å². The van der Waals surface area contributed by atoms with Crippen LogP contribution in [0.4, 0.5) is 0 Å². The maximum absolute atomic E-state index is 11.3. The van der Waals surface area contributed by atoms with Gasteiger partial charge in [-0.2, -0.15) is 10.4 Å². The van der Waals surface area contributed by atoms with Crippen LogP contribution >= 0.6 is 11.6 Å². The number of amides is 1. The van der Waals surface area contributed by atoms with Crippen LogP contribution in [0.3, 0.4) is 0 Å². The van der Waals surface area contributed by atoms with Gasteiger partial charge in [0.15, 0.2) is 0 Å². The van der Waals surface area contributed by atoms with E-state index < -0.39 is 5.91 Å². The number of rotatable bonds is 7. The molecule has 0 spiro atoms. The summed E-state index contributed by atoms with van der Waals surface area (Å²) in [5, 5.41) is 15.2. The zero-order valence-electron chi connectivity index (χ0n) is 20.5. The molecule has 0 saturated heterocycles. The smallest absolute Gasteiger partial charge is 0.248 e. The van der Waals surface area contributed by atoms with Gasteiger partial charge in [-0.15, -0.1) is 0 Å². The number of hydrazone groups is 1. The maximum atomic E-state index is 11.3. The van der Waals surface area contributed by atoms with Gasteiger partial charge in [-0.1, -0.05) is 69.7 Å². The van der Waals surface area contributed by atoms with E-state index in [0.29, 0.717) is 47.1 Å². The predicted molar refractivity (Wildman–Crippen MR) is 138 cm³/mol. The Morgan fingerprint density at radius 3 is 2.39 bits per heavy atom.